The Morgan fingerprint density at radius 2 is 1.93 bits per heavy atom. The van der Waals surface area contributed by atoms with Crippen molar-refractivity contribution >= 4 is 0 Å². The summed E-state index contributed by atoms with van der Waals surface area (Å²) in [7, 11) is 0. The van der Waals surface area contributed by atoms with E-state index < -0.39 is 0 Å². The maximum absolute atomic E-state index is 5.48. The minimum atomic E-state index is 0.0265. The lowest BCUT2D eigenvalue weighted by Crippen LogP contribution is -2.34. The van der Waals surface area contributed by atoms with Crippen molar-refractivity contribution in [1.82, 2.24) is 5.32 Å². The second kappa shape index (κ2) is 5.69. The summed E-state index contributed by atoms with van der Waals surface area (Å²) in [6.07, 6.45) is 2.18. The van der Waals surface area contributed by atoms with Crippen LogP contribution in [0.2, 0.25) is 0 Å². The van der Waals surface area contributed by atoms with Gasteiger partial charge >= 0.3 is 0 Å². The largest absolute Gasteiger partial charge is 0.350 e. The Hall–Kier alpha value is -0.120. The molecule has 1 N–H and O–H groups in total. The second-order valence-corrected chi connectivity index (χ2v) is 4.32. The molecule has 84 valence electrons. The van der Waals surface area contributed by atoms with Crippen LogP contribution in [0.4, 0.5) is 0 Å². The second-order valence-electron chi connectivity index (χ2n) is 4.32. The van der Waals surface area contributed by atoms with Gasteiger partial charge < -0.3 is 14.8 Å². The summed E-state index contributed by atoms with van der Waals surface area (Å²) in [5.41, 5.74) is 0.297. The van der Waals surface area contributed by atoms with Crippen LogP contribution >= 0.6 is 0 Å². The first-order valence-electron chi connectivity index (χ1n) is 5.64. The van der Waals surface area contributed by atoms with E-state index in [1.54, 1.807) is 0 Å². The standard InChI is InChI=1S/C11H23NO2/c1-4-11(3,9-12-5-2)8-10-13-6-7-14-10/h10,12H,4-9H2,1-3H3. The quantitative estimate of drug-likeness (QED) is 0.710. The van der Waals surface area contributed by atoms with Crippen molar-refractivity contribution in [3.05, 3.63) is 0 Å². The van der Waals surface area contributed by atoms with Crippen LogP contribution in [0, 0.1) is 5.41 Å². The van der Waals surface area contributed by atoms with E-state index in [1.807, 2.05) is 0 Å². The maximum Gasteiger partial charge on any atom is 0.158 e. The summed E-state index contributed by atoms with van der Waals surface area (Å²) in [6.45, 7) is 10.2. The van der Waals surface area contributed by atoms with E-state index in [4.69, 9.17) is 9.47 Å². The third kappa shape index (κ3) is 3.56. The molecule has 0 amide bonds. The highest BCUT2D eigenvalue weighted by Crippen LogP contribution is 2.29. The third-order valence-electron chi connectivity index (χ3n) is 3.01. The molecule has 1 heterocycles. The van der Waals surface area contributed by atoms with Gasteiger partial charge in [-0.25, -0.2) is 0 Å². The fourth-order valence-corrected chi connectivity index (χ4v) is 1.70. The Morgan fingerprint density at radius 3 is 2.43 bits per heavy atom. The average Bonchev–Trinajstić information content (AvgIpc) is 2.67. The van der Waals surface area contributed by atoms with Gasteiger partial charge in [0.25, 0.3) is 0 Å². The molecule has 1 aliphatic heterocycles. The van der Waals surface area contributed by atoms with E-state index in [0.29, 0.717) is 5.41 Å². The summed E-state index contributed by atoms with van der Waals surface area (Å²) >= 11 is 0. The molecule has 0 saturated carbocycles. The van der Waals surface area contributed by atoms with Crippen molar-refractivity contribution in [3.63, 3.8) is 0 Å². The minimum Gasteiger partial charge on any atom is -0.350 e. The first-order chi connectivity index (χ1) is 6.70. The minimum absolute atomic E-state index is 0.0265. The smallest absolute Gasteiger partial charge is 0.158 e. The van der Waals surface area contributed by atoms with Gasteiger partial charge in [0.15, 0.2) is 6.29 Å². The molecule has 1 saturated heterocycles. The van der Waals surface area contributed by atoms with Crippen LogP contribution in [0.15, 0.2) is 0 Å². The Kier molecular flexibility index (Phi) is 4.85. The third-order valence-corrected chi connectivity index (χ3v) is 3.01. The highest BCUT2D eigenvalue weighted by Gasteiger charge is 2.29. The zero-order chi connectivity index (χ0) is 10.4. The summed E-state index contributed by atoms with van der Waals surface area (Å²) in [4.78, 5) is 0. The van der Waals surface area contributed by atoms with Gasteiger partial charge in [0.2, 0.25) is 0 Å². The van der Waals surface area contributed by atoms with Gasteiger partial charge in [-0.15, -0.1) is 0 Å². The first-order valence-corrected chi connectivity index (χ1v) is 5.64. The van der Waals surface area contributed by atoms with Crippen molar-refractivity contribution in [1.29, 1.82) is 0 Å². The topological polar surface area (TPSA) is 30.5 Å². The van der Waals surface area contributed by atoms with Gasteiger partial charge in [0.05, 0.1) is 13.2 Å². The van der Waals surface area contributed by atoms with Crippen LogP contribution in [0.25, 0.3) is 0 Å². The van der Waals surface area contributed by atoms with Crippen LogP contribution in [-0.2, 0) is 9.47 Å². The van der Waals surface area contributed by atoms with Crippen molar-refractivity contribution in [3.8, 4) is 0 Å². The Labute approximate surface area is 87.2 Å². The number of ether oxygens (including phenoxy) is 2. The van der Waals surface area contributed by atoms with Gasteiger partial charge in [0, 0.05) is 13.0 Å². The van der Waals surface area contributed by atoms with Crippen LogP contribution < -0.4 is 5.32 Å². The zero-order valence-corrected chi connectivity index (χ0v) is 9.64. The molecule has 1 atom stereocenters. The monoisotopic (exact) mass is 201 g/mol. The lowest BCUT2D eigenvalue weighted by molar-refractivity contribution is -0.0708. The average molecular weight is 201 g/mol. The predicted molar refractivity (Wildman–Crippen MR) is 57.3 cm³/mol. The van der Waals surface area contributed by atoms with E-state index in [-0.39, 0.29) is 6.29 Å². The Morgan fingerprint density at radius 1 is 1.29 bits per heavy atom. The molecule has 0 aromatic carbocycles. The summed E-state index contributed by atoms with van der Waals surface area (Å²) in [6, 6.07) is 0. The fourth-order valence-electron chi connectivity index (χ4n) is 1.70. The Bertz CT molecular complexity index is 157. The number of nitrogens with one attached hydrogen (secondary N) is 1. The molecule has 14 heavy (non-hydrogen) atoms. The van der Waals surface area contributed by atoms with Gasteiger partial charge in [-0.1, -0.05) is 20.8 Å². The molecule has 0 aromatic heterocycles. The van der Waals surface area contributed by atoms with Crippen LogP contribution in [-0.4, -0.2) is 32.6 Å². The molecule has 1 aliphatic rings. The molecule has 0 spiro atoms. The molecular formula is C11H23NO2. The lowest BCUT2D eigenvalue weighted by atomic mass is 9.83. The molecule has 0 radical (unpaired) electrons. The van der Waals surface area contributed by atoms with Gasteiger partial charge in [-0.3, -0.25) is 0 Å². The molecule has 0 bridgehead atoms. The van der Waals surface area contributed by atoms with Gasteiger partial charge in [0.1, 0.15) is 0 Å². The normalized spacial score (nSPS) is 22.5. The zero-order valence-electron chi connectivity index (χ0n) is 9.64. The van der Waals surface area contributed by atoms with Crippen LogP contribution in [0.3, 0.4) is 0 Å². The maximum atomic E-state index is 5.48. The number of rotatable bonds is 6. The van der Waals surface area contributed by atoms with Crippen molar-refractivity contribution in [2.45, 2.75) is 39.9 Å². The molecule has 1 unspecified atom stereocenters. The lowest BCUT2D eigenvalue weighted by Gasteiger charge is -2.30. The molecule has 3 heteroatoms. The molecule has 0 aliphatic carbocycles. The molecule has 3 nitrogen and oxygen atoms in total. The van der Waals surface area contributed by atoms with Gasteiger partial charge in [-0.2, -0.15) is 0 Å². The van der Waals surface area contributed by atoms with Crippen LogP contribution in [0.1, 0.15) is 33.6 Å². The van der Waals surface area contributed by atoms with E-state index in [0.717, 1.165) is 39.1 Å². The predicted octanol–water partition coefficient (Wildman–Crippen LogP) is 1.78. The van der Waals surface area contributed by atoms with Gasteiger partial charge in [-0.05, 0) is 18.4 Å². The summed E-state index contributed by atoms with van der Waals surface area (Å²) in [5.74, 6) is 0. The molecule has 1 rings (SSSR count). The molecule has 1 fully saturated rings. The number of hydrogen-bond donors (Lipinski definition) is 1. The number of hydrogen-bond acceptors (Lipinski definition) is 3. The van der Waals surface area contributed by atoms with Crippen molar-refractivity contribution in [2.75, 3.05) is 26.3 Å². The van der Waals surface area contributed by atoms with E-state index in [2.05, 4.69) is 26.1 Å². The van der Waals surface area contributed by atoms with E-state index in [1.165, 1.54) is 0 Å². The van der Waals surface area contributed by atoms with Crippen LogP contribution in [0.5, 0.6) is 0 Å². The van der Waals surface area contributed by atoms with Crippen molar-refractivity contribution < 1.29 is 9.47 Å². The first kappa shape index (κ1) is 12.0. The highest BCUT2D eigenvalue weighted by atomic mass is 16.7. The molecule has 0 aromatic rings. The van der Waals surface area contributed by atoms with Crippen molar-refractivity contribution in [2.24, 2.45) is 5.41 Å². The molecular weight excluding hydrogens is 178 g/mol. The fraction of sp³-hybridized carbons (Fsp3) is 1.00. The van der Waals surface area contributed by atoms with E-state index in [9.17, 15) is 0 Å². The van der Waals surface area contributed by atoms with E-state index >= 15 is 0 Å². The highest BCUT2D eigenvalue weighted by molar-refractivity contribution is 4.77. The summed E-state index contributed by atoms with van der Waals surface area (Å²) < 4.78 is 11.0. The summed E-state index contributed by atoms with van der Waals surface area (Å²) in [5, 5.41) is 3.40. The SMILES string of the molecule is CCNCC(C)(CC)CC1OCCO1. The Balaban J connectivity index is 2.34.